The first kappa shape index (κ1) is 20.6. The zero-order chi connectivity index (χ0) is 20.8. The van der Waals surface area contributed by atoms with Crippen molar-refractivity contribution in [2.24, 2.45) is 0 Å². The molecular formula is C23H27N3O3. The van der Waals surface area contributed by atoms with Crippen molar-refractivity contribution in [3.05, 3.63) is 65.2 Å². The van der Waals surface area contributed by atoms with Gasteiger partial charge in [0.05, 0.1) is 6.54 Å². The molecule has 0 radical (unpaired) electrons. The van der Waals surface area contributed by atoms with E-state index in [1.54, 1.807) is 4.90 Å². The molecule has 29 heavy (non-hydrogen) atoms. The Kier molecular flexibility index (Phi) is 6.65. The van der Waals surface area contributed by atoms with E-state index in [0.717, 1.165) is 24.2 Å². The summed E-state index contributed by atoms with van der Waals surface area (Å²) in [5.74, 6) is -1.41. The van der Waals surface area contributed by atoms with Crippen LogP contribution in [0.4, 0.5) is 5.69 Å². The van der Waals surface area contributed by atoms with Gasteiger partial charge in [-0.3, -0.25) is 14.4 Å². The number of hydrogen-bond acceptors (Lipinski definition) is 4. The third-order valence-electron chi connectivity index (χ3n) is 5.19. The molecule has 1 heterocycles. The SMILES string of the molecule is Cc1cccc(CC(=O)C(=O)NCC(=O)N2CCN(c3ccccc3C)CC2)c1. The van der Waals surface area contributed by atoms with Crippen molar-refractivity contribution >= 4 is 23.3 Å². The van der Waals surface area contributed by atoms with Gasteiger partial charge in [0.25, 0.3) is 5.91 Å². The summed E-state index contributed by atoms with van der Waals surface area (Å²) in [6, 6.07) is 15.7. The lowest BCUT2D eigenvalue weighted by Gasteiger charge is -2.36. The van der Waals surface area contributed by atoms with E-state index in [1.807, 2.05) is 43.3 Å². The highest BCUT2D eigenvalue weighted by Crippen LogP contribution is 2.20. The van der Waals surface area contributed by atoms with E-state index in [2.05, 4.69) is 29.3 Å². The van der Waals surface area contributed by atoms with Gasteiger partial charge in [-0.05, 0) is 31.0 Å². The molecule has 0 atom stereocenters. The summed E-state index contributed by atoms with van der Waals surface area (Å²) >= 11 is 0. The molecule has 2 aromatic rings. The van der Waals surface area contributed by atoms with Crippen LogP contribution in [0.3, 0.4) is 0 Å². The van der Waals surface area contributed by atoms with Crippen molar-refractivity contribution in [3.8, 4) is 0 Å². The highest BCUT2D eigenvalue weighted by atomic mass is 16.2. The fraction of sp³-hybridized carbons (Fsp3) is 0.348. The minimum Gasteiger partial charge on any atom is -0.368 e. The van der Waals surface area contributed by atoms with Crippen molar-refractivity contribution in [2.45, 2.75) is 20.3 Å². The summed E-state index contributed by atoms with van der Waals surface area (Å²) in [4.78, 5) is 40.6. The molecule has 2 amide bonds. The van der Waals surface area contributed by atoms with Crippen LogP contribution in [-0.2, 0) is 20.8 Å². The minimum atomic E-state index is -0.710. The van der Waals surface area contributed by atoms with Gasteiger partial charge in [-0.25, -0.2) is 0 Å². The van der Waals surface area contributed by atoms with Crippen LogP contribution in [0, 0.1) is 13.8 Å². The second kappa shape index (κ2) is 9.37. The van der Waals surface area contributed by atoms with Gasteiger partial charge >= 0.3 is 0 Å². The van der Waals surface area contributed by atoms with E-state index in [4.69, 9.17) is 0 Å². The number of benzene rings is 2. The topological polar surface area (TPSA) is 69.7 Å². The van der Waals surface area contributed by atoms with Gasteiger partial charge in [0.1, 0.15) is 0 Å². The largest absolute Gasteiger partial charge is 0.368 e. The standard InChI is InChI=1S/C23H27N3O3/c1-17-6-5-8-19(14-17)15-21(27)23(29)24-16-22(28)26-12-10-25(11-13-26)20-9-4-3-7-18(20)2/h3-9,14H,10-13,15-16H2,1-2H3,(H,24,29). The number of carbonyl (C=O) groups excluding carboxylic acids is 3. The van der Waals surface area contributed by atoms with Gasteiger partial charge in [0.2, 0.25) is 11.7 Å². The maximum atomic E-state index is 12.4. The summed E-state index contributed by atoms with van der Waals surface area (Å²) in [6.07, 6.45) is 0.0385. The Balaban J connectivity index is 1.44. The summed E-state index contributed by atoms with van der Waals surface area (Å²) in [6.45, 7) is 6.55. The Morgan fingerprint density at radius 1 is 0.931 bits per heavy atom. The first-order chi connectivity index (χ1) is 13.9. The molecule has 3 rings (SSSR count). The number of para-hydroxylation sites is 1. The summed E-state index contributed by atoms with van der Waals surface area (Å²) in [5.41, 5.74) is 4.24. The van der Waals surface area contributed by atoms with Crippen LogP contribution >= 0.6 is 0 Å². The molecule has 2 aromatic carbocycles. The van der Waals surface area contributed by atoms with Crippen molar-refractivity contribution in [2.75, 3.05) is 37.6 Å². The lowest BCUT2D eigenvalue weighted by molar-refractivity contribution is -0.139. The molecule has 0 spiro atoms. The predicted molar refractivity (Wildman–Crippen MR) is 113 cm³/mol. The zero-order valence-corrected chi connectivity index (χ0v) is 17.0. The Morgan fingerprint density at radius 3 is 2.34 bits per heavy atom. The van der Waals surface area contributed by atoms with Crippen molar-refractivity contribution in [3.63, 3.8) is 0 Å². The van der Waals surface area contributed by atoms with Crippen LogP contribution < -0.4 is 10.2 Å². The number of nitrogens with one attached hydrogen (secondary N) is 1. The molecule has 1 aliphatic heterocycles. The third kappa shape index (κ3) is 5.44. The third-order valence-corrected chi connectivity index (χ3v) is 5.19. The first-order valence-electron chi connectivity index (χ1n) is 9.89. The van der Waals surface area contributed by atoms with Crippen LogP contribution in [-0.4, -0.2) is 55.2 Å². The van der Waals surface area contributed by atoms with E-state index >= 15 is 0 Å². The number of anilines is 1. The van der Waals surface area contributed by atoms with Gasteiger partial charge in [-0.15, -0.1) is 0 Å². The molecule has 0 aliphatic carbocycles. The average Bonchev–Trinajstić information content (AvgIpc) is 2.72. The second-order valence-electron chi connectivity index (χ2n) is 7.43. The van der Waals surface area contributed by atoms with E-state index in [0.29, 0.717) is 13.1 Å². The van der Waals surface area contributed by atoms with Crippen LogP contribution in [0.15, 0.2) is 48.5 Å². The lowest BCUT2D eigenvalue weighted by Crippen LogP contribution is -2.51. The summed E-state index contributed by atoms with van der Waals surface area (Å²) in [7, 11) is 0. The van der Waals surface area contributed by atoms with E-state index in [-0.39, 0.29) is 18.9 Å². The van der Waals surface area contributed by atoms with E-state index < -0.39 is 11.7 Å². The highest BCUT2D eigenvalue weighted by Gasteiger charge is 2.23. The van der Waals surface area contributed by atoms with Gasteiger partial charge < -0.3 is 15.1 Å². The Morgan fingerprint density at radius 2 is 1.66 bits per heavy atom. The van der Waals surface area contributed by atoms with Crippen molar-refractivity contribution in [1.82, 2.24) is 10.2 Å². The van der Waals surface area contributed by atoms with Crippen LogP contribution in [0.1, 0.15) is 16.7 Å². The number of nitrogens with zero attached hydrogens (tertiary/aromatic N) is 2. The Labute approximate surface area is 171 Å². The monoisotopic (exact) mass is 393 g/mol. The lowest BCUT2D eigenvalue weighted by atomic mass is 10.1. The molecule has 6 heteroatoms. The van der Waals surface area contributed by atoms with E-state index in [9.17, 15) is 14.4 Å². The van der Waals surface area contributed by atoms with Crippen LogP contribution in [0.25, 0.3) is 0 Å². The molecule has 1 N–H and O–H groups in total. The molecule has 0 aromatic heterocycles. The maximum Gasteiger partial charge on any atom is 0.288 e. The fourth-order valence-electron chi connectivity index (χ4n) is 3.57. The van der Waals surface area contributed by atoms with Gasteiger partial charge in [0, 0.05) is 38.3 Å². The molecule has 152 valence electrons. The molecule has 0 bridgehead atoms. The van der Waals surface area contributed by atoms with Gasteiger partial charge in [-0.1, -0.05) is 48.0 Å². The molecule has 1 fully saturated rings. The summed E-state index contributed by atoms with van der Waals surface area (Å²) < 4.78 is 0. The van der Waals surface area contributed by atoms with Crippen LogP contribution in [0.5, 0.6) is 0 Å². The second-order valence-corrected chi connectivity index (χ2v) is 7.43. The maximum absolute atomic E-state index is 12.4. The normalized spacial score (nSPS) is 13.9. The number of ketones is 1. The van der Waals surface area contributed by atoms with Gasteiger partial charge in [0.15, 0.2) is 0 Å². The Bertz CT molecular complexity index is 902. The molecule has 1 saturated heterocycles. The molecule has 0 saturated carbocycles. The molecule has 1 aliphatic rings. The smallest absolute Gasteiger partial charge is 0.288 e. The van der Waals surface area contributed by atoms with Gasteiger partial charge in [-0.2, -0.15) is 0 Å². The molecular weight excluding hydrogens is 366 g/mol. The molecule has 0 unspecified atom stereocenters. The number of Topliss-reactive ketones (excluding diaryl/α,β-unsaturated/α-hetero) is 1. The number of hydrogen-bond donors (Lipinski definition) is 1. The van der Waals surface area contributed by atoms with Crippen LogP contribution in [0.2, 0.25) is 0 Å². The van der Waals surface area contributed by atoms with Crippen molar-refractivity contribution < 1.29 is 14.4 Å². The van der Waals surface area contributed by atoms with Crippen molar-refractivity contribution in [1.29, 1.82) is 0 Å². The first-order valence-corrected chi connectivity index (χ1v) is 9.89. The highest BCUT2D eigenvalue weighted by molar-refractivity contribution is 6.36. The predicted octanol–water partition coefficient (Wildman–Crippen LogP) is 1.88. The number of aryl methyl sites for hydroxylation is 2. The zero-order valence-electron chi connectivity index (χ0n) is 17.0. The quantitative estimate of drug-likeness (QED) is 0.761. The number of piperazine rings is 1. The van der Waals surface area contributed by atoms with E-state index in [1.165, 1.54) is 11.3 Å². The minimum absolute atomic E-state index is 0.0385. The number of rotatable bonds is 6. The fourth-order valence-corrected chi connectivity index (χ4v) is 3.57. The number of amides is 2. The number of carbonyl (C=O) groups is 3. The average molecular weight is 393 g/mol. The summed E-state index contributed by atoms with van der Waals surface area (Å²) in [5, 5.41) is 2.47. The Hall–Kier alpha value is -3.15. The molecule has 6 nitrogen and oxygen atoms in total.